The van der Waals surface area contributed by atoms with Gasteiger partial charge in [-0.15, -0.1) is 0 Å². The number of aromatic amines is 1. The average Bonchev–Trinajstić information content (AvgIpc) is 2.94. The Morgan fingerprint density at radius 3 is 2.62 bits per heavy atom. The Morgan fingerprint density at radius 1 is 1.19 bits per heavy atom. The lowest BCUT2D eigenvalue weighted by molar-refractivity contribution is -0.125. The van der Waals surface area contributed by atoms with Crippen molar-refractivity contribution in [3.8, 4) is 11.5 Å². The van der Waals surface area contributed by atoms with Crippen LogP contribution in [0.3, 0.4) is 0 Å². The molecule has 226 valence electrons. The summed E-state index contributed by atoms with van der Waals surface area (Å²) in [6.45, 7) is 0.494. The smallest absolute Gasteiger partial charge is 0.282 e. The first-order chi connectivity index (χ1) is 19.8. The van der Waals surface area contributed by atoms with Crippen LogP contribution in [0.15, 0.2) is 53.6 Å². The number of ether oxygens (including phenoxy) is 1. The minimum atomic E-state index is -3.33. The van der Waals surface area contributed by atoms with E-state index >= 15 is 0 Å². The summed E-state index contributed by atoms with van der Waals surface area (Å²) in [6.07, 6.45) is -4.34. The Kier molecular flexibility index (Phi) is 9.51. The van der Waals surface area contributed by atoms with Crippen molar-refractivity contribution < 1.29 is 40.3 Å². The number of hydrogen-bond donors (Lipinski definition) is 3. The van der Waals surface area contributed by atoms with Gasteiger partial charge in [0.15, 0.2) is 11.6 Å². The lowest BCUT2D eigenvalue weighted by Crippen LogP contribution is -2.52. The molecular weight excluding hydrogens is 575 g/mol. The molecule has 3 aromatic rings. The van der Waals surface area contributed by atoms with E-state index in [1.807, 2.05) is 5.32 Å². The molecule has 0 spiro atoms. The lowest BCUT2D eigenvalue weighted by Gasteiger charge is -2.40. The highest BCUT2D eigenvalue weighted by Crippen LogP contribution is 2.40. The van der Waals surface area contributed by atoms with Gasteiger partial charge in [0.25, 0.3) is 17.9 Å². The zero-order valence-corrected chi connectivity index (χ0v) is 22.0. The number of benzene rings is 1. The number of rotatable bonds is 10. The molecule has 2 aromatic heterocycles. The van der Waals surface area contributed by atoms with Crippen LogP contribution in [0.4, 0.5) is 36.6 Å². The molecule has 3 heterocycles. The Hall–Kier alpha value is -3.98. The van der Waals surface area contributed by atoms with E-state index in [9.17, 15) is 40.3 Å². The van der Waals surface area contributed by atoms with Crippen LogP contribution in [0, 0.1) is 11.6 Å². The van der Waals surface area contributed by atoms with Crippen LogP contribution in [-0.2, 0) is 11.3 Å². The number of anilines is 1. The van der Waals surface area contributed by atoms with E-state index in [-0.39, 0.29) is 41.5 Å². The summed E-state index contributed by atoms with van der Waals surface area (Å²) in [5, 5.41) is 4.41. The standard InChI is InChI=1S/C27H26F7N5O3/c1-14(25(40)38-22-5-3-18(12-35-22)42-21-4-2-17(28)9-20(21)29)39-7-6-27(33,34)19(13-39)15-8-16(26(41)37-10-15)11-36-24(32)23(30)31/h2-5,8-10,12,14,19,23-24,36H,6-7,11,13H2,1H3,(H,37,41)(H,35,38,40). The molecule has 1 aliphatic heterocycles. The van der Waals surface area contributed by atoms with Crippen LogP contribution < -0.4 is 20.9 Å². The van der Waals surface area contributed by atoms with E-state index in [2.05, 4.69) is 15.3 Å². The number of H-pyrrole nitrogens is 1. The van der Waals surface area contributed by atoms with Crippen LogP contribution in [0.5, 0.6) is 11.5 Å². The van der Waals surface area contributed by atoms with Gasteiger partial charge in [-0.05, 0) is 42.8 Å². The second-order valence-electron chi connectivity index (χ2n) is 9.68. The number of amides is 1. The molecule has 42 heavy (non-hydrogen) atoms. The summed E-state index contributed by atoms with van der Waals surface area (Å²) in [7, 11) is 0. The van der Waals surface area contributed by atoms with Crippen molar-refractivity contribution in [2.75, 3.05) is 18.4 Å². The second kappa shape index (κ2) is 12.9. The molecule has 8 nitrogen and oxygen atoms in total. The van der Waals surface area contributed by atoms with Crippen LogP contribution in [0.2, 0.25) is 0 Å². The second-order valence-corrected chi connectivity index (χ2v) is 9.68. The SMILES string of the molecule is CC(C(=O)Nc1ccc(Oc2ccc(F)cc2F)cn1)N1CCC(F)(F)C(c2c[nH]c(=O)c(CNC(F)C(F)F)c2)C1. The van der Waals surface area contributed by atoms with E-state index in [0.29, 0.717) is 6.07 Å². The van der Waals surface area contributed by atoms with Gasteiger partial charge in [-0.2, -0.15) is 0 Å². The number of hydrogen-bond acceptors (Lipinski definition) is 6. The number of aromatic nitrogens is 2. The summed E-state index contributed by atoms with van der Waals surface area (Å²) >= 11 is 0. The molecule has 0 saturated carbocycles. The average molecular weight is 602 g/mol. The van der Waals surface area contributed by atoms with Crippen molar-refractivity contribution in [3.63, 3.8) is 0 Å². The van der Waals surface area contributed by atoms with Crippen LogP contribution in [0.1, 0.15) is 30.4 Å². The molecule has 0 bridgehead atoms. The highest BCUT2D eigenvalue weighted by atomic mass is 19.3. The summed E-state index contributed by atoms with van der Waals surface area (Å²) in [6, 6.07) is 5.77. The highest BCUT2D eigenvalue weighted by Gasteiger charge is 2.46. The summed E-state index contributed by atoms with van der Waals surface area (Å²) in [5.41, 5.74) is -0.950. The van der Waals surface area contributed by atoms with E-state index in [1.54, 1.807) is 0 Å². The van der Waals surface area contributed by atoms with Gasteiger partial charge in [0.2, 0.25) is 12.2 Å². The zero-order chi connectivity index (χ0) is 30.6. The number of pyridine rings is 2. The fourth-order valence-corrected chi connectivity index (χ4v) is 4.40. The molecule has 4 rings (SSSR count). The molecule has 1 fully saturated rings. The van der Waals surface area contributed by atoms with Gasteiger partial charge in [-0.25, -0.2) is 35.7 Å². The van der Waals surface area contributed by atoms with Gasteiger partial charge in [0, 0.05) is 43.9 Å². The van der Waals surface area contributed by atoms with E-state index in [1.165, 1.54) is 30.2 Å². The first-order valence-corrected chi connectivity index (χ1v) is 12.7. The number of nitrogens with zero attached hydrogens (tertiary/aromatic N) is 2. The number of carbonyl (C=O) groups is 1. The van der Waals surface area contributed by atoms with Crippen LogP contribution in [0.25, 0.3) is 0 Å². The van der Waals surface area contributed by atoms with Crippen molar-refractivity contribution in [3.05, 3.63) is 81.9 Å². The van der Waals surface area contributed by atoms with Gasteiger partial charge >= 0.3 is 0 Å². The molecular formula is C27H26F7N5O3. The lowest BCUT2D eigenvalue weighted by atomic mass is 9.86. The number of nitrogens with one attached hydrogen (secondary N) is 3. The normalized spacial score (nSPS) is 18.5. The maximum atomic E-state index is 15.0. The van der Waals surface area contributed by atoms with Gasteiger partial charge in [-0.1, -0.05) is 0 Å². The molecule has 1 amide bonds. The third-order valence-corrected chi connectivity index (χ3v) is 6.81. The molecule has 3 unspecified atom stereocenters. The Bertz CT molecular complexity index is 1450. The Labute approximate surface area is 234 Å². The number of halogens is 7. The van der Waals surface area contributed by atoms with E-state index in [4.69, 9.17) is 4.74 Å². The highest BCUT2D eigenvalue weighted by molar-refractivity contribution is 5.93. The molecule has 1 saturated heterocycles. The third kappa shape index (κ3) is 7.45. The minimum Gasteiger partial charge on any atom is -0.453 e. The number of alkyl halides is 5. The number of likely N-dealkylation sites (tertiary alicyclic amines) is 1. The Balaban J connectivity index is 1.41. The van der Waals surface area contributed by atoms with E-state index < -0.39 is 66.7 Å². The molecule has 1 aromatic carbocycles. The van der Waals surface area contributed by atoms with Crippen LogP contribution >= 0.6 is 0 Å². The Morgan fingerprint density at radius 2 is 1.95 bits per heavy atom. The third-order valence-electron chi connectivity index (χ3n) is 6.81. The van der Waals surface area contributed by atoms with Crippen LogP contribution in [-0.4, -0.2) is 58.5 Å². The maximum absolute atomic E-state index is 15.0. The topological polar surface area (TPSA) is 99.3 Å². The fourth-order valence-electron chi connectivity index (χ4n) is 4.40. The number of carbonyl (C=O) groups excluding carboxylic acids is 1. The summed E-state index contributed by atoms with van der Waals surface area (Å²) < 4.78 is 100. The summed E-state index contributed by atoms with van der Waals surface area (Å²) in [5.74, 6) is -6.94. The fraction of sp³-hybridized carbons (Fsp3) is 0.370. The zero-order valence-electron chi connectivity index (χ0n) is 22.0. The largest absolute Gasteiger partial charge is 0.453 e. The van der Waals surface area contributed by atoms with Gasteiger partial charge in [-0.3, -0.25) is 19.8 Å². The van der Waals surface area contributed by atoms with Gasteiger partial charge < -0.3 is 15.0 Å². The molecule has 0 aliphatic carbocycles. The molecule has 15 heteroatoms. The molecule has 3 atom stereocenters. The monoisotopic (exact) mass is 601 g/mol. The van der Waals surface area contributed by atoms with Crippen molar-refractivity contribution >= 4 is 11.7 Å². The maximum Gasteiger partial charge on any atom is 0.282 e. The molecule has 3 N–H and O–H groups in total. The summed E-state index contributed by atoms with van der Waals surface area (Å²) in [4.78, 5) is 32.8. The van der Waals surface area contributed by atoms with Crippen molar-refractivity contribution in [1.29, 1.82) is 0 Å². The minimum absolute atomic E-state index is 0.00369. The van der Waals surface area contributed by atoms with E-state index in [0.717, 1.165) is 24.4 Å². The first-order valence-electron chi connectivity index (χ1n) is 12.7. The first kappa shape index (κ1) is 31.0. The van der Waals surface area contributed by atoms with Crippen molar-refractivity contribution in [2.24, 2.45) is 0 Å². The van der Waals surface area contributed by atoms with Gasteiger partial charge in [0.1, 0.15) is 17.4 Å². The predicted octanol–water partition coefficient (Wildman–Crippen LogP) is 4.94. The van der Waals surface area contributed by atoms with Gasteiger partial charge in [0.05, 0.1) is 18.2 Å². The quantitative estimate of drug-likeness (QED) is 0.225. The number of piperidine rings is 1. The molecule has 0 radical (unpaired) electrons. The van der Waals surface area contributed by atoms with Crippen molar-refractivity contribution in [1.82, 2.24) is 20.2 Å². The molecule has 1 aliphatic rings. The van der Waals surface area contributed by atoms with Crippen molar-refractivity contribution in [2.45, 2.75) is 50.5 Å². The predicted molar refractivity (Wildman–Crippen MR) is 137 cm³/mol.